The van der Waals surface area contributed by atoms with Crippen molar-refractivity contribution in [2.45, 2.75) is 39.4 Å². The standard InChI is InChI=1S/C24H22F3N5O2/c1-14(2)21-18-12-28-32(19-10-5-4-7-15(19)3)22(18)23(34)31(30-21)13-20(33)29-17-9-6-8-16(11-17)24(25,26)27/h4-12,14H,13H2,1-3H3,(H,29,33). The molecule has 7 nitrogen and oxygen atoms in total. The van der Waals surface area contributed by atoms with Gasteiger partial charge >= 0.3 is 6.18 Å². The Morgan fingerprint density at radius 1 is 1.12 bits per heavy atom. The van der Waals surface area contributed by atoms with Gasteiger partial charge in [0, 0.05) is 11.1 Å². The van der Waals surface area contributed by atoms with Crippen LogP contribution in [-0.2, 0) is 17.5 Å². The van der Waals surface area contributed by atoms with Crippen molar-refractivity contribution in [2.24, 2.45) is 0 Å². The van der Waals surface area contributed by atoms with Crippen LogP contribution in [0.4, 0.5) is 18.9 Å². The summed E-state index contributed by atoms with van der Waals surface area (Å²) in [5, 5.41) is 11.8. The Bertz CT molecular complexity index is 1440. The number of fused-ring (bicyclic) bond motifs is 1. The van der Waals surface area contributed by atoms with Crippen LogP contribution in [0.1, 0.15) is 36.6 Å². The summed E-state index contributed by atoms with van der Waals surface area (Å²) in [5.41, 5.74) is 1.05. The topological polar surface area (TPSA) is 81.8 Å². The van der Waals surface area contributed by atoms with E-state index in [1.807, 2.05) is 45.0 Å². The van der Waals surface area contributed by atoms with Crippen molar-refractivity contribution in [2.75, 3.05) is 5.32 Å². The van der Waals surface area contributed by atoms with Crippen molar-refractivity contribution < 1.29 is 18.0 Å². The van der Waals surface area contributed by atoms with E-state index in [-0.39, 0.29) is 17.1 Å². The van der Waals surface area contributed by atoms with Gasteiger partial charge in [0.05, 0.1) is 23.1 Å². The summed E-state index contributed by atoms with van der Waals surface area (Å²) in [7, 11) is 0. The zero-order chi connectivity index (χ0) is 24.6. The number of nitrogens with zero attached hydrogens (tertiary/aromatic N) is 4. The number of anilines is 1. The lowest BCUT2D eigenvalue weighted by molar-refractivity contribution is -0.137. The Hall–Kier alpha value is -3.95. The number of alkyl halides is 3. The molecule has 1 N–H and O–H groups in total. The zero-order valence-corrected chi connectivity index (χ0v) is 18.7. The molecule has 0 spiro atoms. The predicted octanol–water partition coefficient (Wildman–Crippen LogP) is 4.67. The third kappa shape index (κ3) is 4.43. The van der Waals surface area contributed by atoms with Crippen LogP contribution in [0.5, 0.6) is 0 Å². The number of hydrogen-bond donors (Lipinski definition) is 1. The summed E-state index contributed by atoms with van der Waals surface area (Å²) in [6.45, 7) is 5.24. The maximum atomic E-state index is 13.4. The molecule has 0 unspecified atom stereocenters. The number of amides is 1. The molecule has 0 fully saturated rings. The first kappa shape index (κ1) is 23.2. The predicted molar refractivity (Wildman–Crippen MR) is 122 cm³/mol. The van der Waals surface area contributed by atoms with Gasteiger partial charge in [0.2, 0.25) is 5.91 Å². The first-order valence-corrected chi connectivity index (χ1v) is 10.6. The SMILES string of the molecule is Cc1ccccc1-n1ncc2c(C(C)C)nn(CC(=O)Nc3cccc(C(F)(F)F)c3)c(=O)c21. The van der Waals surface area contributed by atoms with Gasteiger partial charge in [-0.3, -0.25) is 9.59 Å². The molecule has 0 aliphatic rings. The third-order valence-corrected chi connectivity index (χ3v) is 5.37. The van der Waals surface area contributed by atoms with Gasteiger partial charge in [0.1, 0.15) is 12.1 Å². The van der Waals surface area contributed by atoms with Crippen LogP contribution in [0, 0.1) is 6.92 Å². The number of nitrogens with one attached hydrogen (secondary N) is 1. The van der Waals surface area contributed by atoms with E-state index >= 15 is 0 Å². The fourth-order valence-electron chi connectivity index (χ4n) is 3.72. The Morgan fingerprint density at radius 3 is 2.53 bits per heavy atom. The van der Waals surface area contributed by atoms with E-state index in [2.05, 4.69) is 15.5 Å². The minimum Gasteiger partial charge on any atom is -0.324 e. The molecule has 0 aliphatic heterocycles. The quantitative estimate of drug-likeness (QED) is 0.461. The number of rotatable bonds is 5. The van der Waals surface area contributed by atoms with Gasteiger partial charge in [-0.05, 0) is 42.7 Å². The van der Waals surface area contributed by atoms with Crippen LogP contribution in [-0.4, -0.2) is 25.5 Å². The first-order chi connectivity index (χ1) is 16.1. The zero-order valence-electron chi connectivity index (χ0n) is 18.7. The number of para-hydroxylation sites is 1. The summed E-state index contributed by atoms with van der Waals surface area (Å²) in [6.07, 6.45) is -2.96. The minimum atomic E-state index is -4.54. The molecule has 0 saturated heterocycles. The second-order valence-electron chi connectivity index (χ2n) is 8.23. The molecule has 4 rings (SSSR count). The molecule has 2 aromatic carbocycles. The van der Waals surface area contributed by atoms with Gasteiger partial charge < -0.3 is 5.32 Å². The van der Waals surface area contributed by atoms with Crippen LogP contribution in [0.15, 0.2) is 59.5 Å². The van der Waals surface area contributed by atoms with Crippen LogP contribution in [0.25, 0.3) is 16.6 Å². The van der Waals surface area contributed by atoms with E-state index in [1.54, 1.807) is 6.20 Å². The monoisotopic (exact) mass is 469 g/mol. The van der Waals surface area contributed by atoms with E-state index in [4.69, 9.17) is 0 Å². The highest BCUT2D eigenvalue weighted by atomic mass is 19.4. The maximum Gasteiger partial charge on any atom is 0.416 e. The lowest BCUT2D eigenvalue weighted by Gasteiger charge is -2.13. The second kappa shape index (κ2) is 8.77. The van der Waals surface area contributed by atoms with Gasteiger partial charge in [-0.15, -0.1) is 0 Å². The lowest BCUT2D eigenvalue weighted by atomic mass is 10.1. The van der Waals surface area contributed by atoms with Crippen molar-refractivity contribution in [3.63, 3.8) is 0 Å². The molecule has 2 aromatic heterocycles. The fourth-order valence-corrected chi connectivity index (χ4v) is 3.72. The number of carbonyl (C=O) groups is 1. The van der Waals surface area contributed by atoms with Crippen molar-refractivity contribution in [1.82, 2.24) is 19.6 Å². The molecule has 10 heteroatoms. The van der Waals surface area contributed by atoms with Crippen molar-refractivity contribution in [1.29, 1.82) is 0 Å². The summed E-state index contributed by atoms with van der Waals surface area (Å²) < 4.78 is 41.5. The van der Waals surface area contributed by atoms with Crippen LogP contribution in [0.2, 0.25) is 0 Å². The smallest absolute Gasteiger partial charge is 0.324 e. The van der Waals surface area contributed by atoms with Gasteiger partial charge in [-0.25, -0.2) is 9.36 Å². The Labute approximate surface area is 192 Å². The lowest BCUT2D eigenvalue weighted by Crippen LogP contribution is -2.31. The van der Waals surface area contributed by atoms with Crippen molar-refractivity contribution >= 4 is 22.5 Å². The Morgan fingerprint density at radius 2 is 1.85 bits per heavy atom. The average Bonchev–Trinajstić information content (AvgIpc) is 3.20. The van der Waals surface area contributed by atoms with Gasteiger partial charge in [-0.1, -0.05) is 38.1 Å². The molecule has 34 heavy (non-hydrogen) atoms. The molecule has 0 saturated carbocycles. The number of aromatic nitrogens is 4. The summed E-state index contributed by atoms with van der Waals surface area (Å²) in [4.78, 5) is 26.0. The summed E-state index contributed by atoms with van der Waals surface area (Å²) in [5.74, 6) is -0.750. The van der Waals surface area contributed by atoms with E-state index in [0.29, 0.717) is 11.1 Å². The van der Waals surface area contributed by atoms with E-state index in [1.165, 1.54) is 16.8 Å². The van der Waals surface area contributed by atoms with E-state index in [9.17, 15) is 22.8 Å². The molecule has 0 aliphatic carbocycles. The average molecular weight is 469 g/mol. The first-order valence-electron chi connectivity index (χ1n) is 10.6. The molecule has 0 atom stereocenters. The number of aryl methyl sites for hydroxylation is 1. The largest absolute Gasteiger partial charge is 0.416 e. The Balaban J connectivity index is 1.74. The maximum absolute atomic E-state index is 13.4. The Kier molecular flexibility index (Phi) is 5.99. The van der Waals surface area contributed by atoms with E-state index in [0.717, 1.165) is 28.1 Å². The molecular formula is C24H22F3N5O2. The molecule has 0 bridgehead atoms. The van der Waals surface area contributed by atoms with Gasteiger partial charge in [-0.2, -0.15) is 23.4 Å². The van der Waals surface area contributed by atoms with Gasteiger partial charge in [0.25, 0.3) is 5.56 Å². The normalized spacial score (nSPS) is 11.9. The molecule has 1 amide bonds. The second-order valence-corrected chi connectivity index (χ2v) is 8.23. The number of carbonyl (C=O) groups excluding carboxylic acids is 1. The summed E-state index contributed by atoms with van der Waals surface area (Å²) in [6, 6.07) is 11.7. The minimum absolute atomic E-state index is 0.0250. The van der Waals surface area contributed by atoms with Crippen LogP contribution >= 0.6 is 0 Å². The number of halogens is 3. The molecular weight excluding hydrogens is 447 g/mol. The van der Waals surface area contributed by atoms with E-state index < -0.39 is 29.8 Å². The molecule has 4 aromatic rings. The van der Waals surface area contributed by atoms with Crippen molar-refractivity contribution in [3.8, 4) is 5.69 Å². The molecule has 0 radical (unpaired) electrons. The molecule has 176 valence electrons. The fraction of sp³-hybridized carbons (Fsp3) is 0.250. The summed E-state index contributed by atoms with van der Waals surface area (Å²) >= 11 is 0. The van der Waals surface area contributed by atoms with Crippen LogP contribution < -0.4 is 10.9 Å². The van der Waals surface area contributed by atoms with Crippen molar-refractivity contribution in [3.05, 3.63) is 81.9 Å². The highest BCUT2D eigenvalue weighted by Crippen LogP contribution is 2.30. The third-order valence-electron chi connectivity index (χ3n) is 5.37. The highest BCUT2D eigenvalue weighted by molar-refractivity contribution is 5.91. The molecule has 2 heterocycles. The van der Waals surface area contributed by atoms with Gasteiger partial charge in [0.15, 0.2) is 0 Å². The van der Waals surface area contributed by atoms with Crippen LogP contribution in [0.3, 0.4) is 0 Å². The highest BCUT2D eigenvalue weighted by Gasteiger charge is 2.30. The number of hydrogen-bond acceptors (Lipinski definition) is 4. The number of benzene rings is 2.